The van der Waals surface area contributed by atoms with Crippen LogP contribution in [0.3, 0.4) is 0 Å². The van der Waals surface area contributed by atoms with E-state index in [1.54, 1.807) is 25.1 Å². The highest BCUT2D eigenvalue weighted by Crippen LogP contribution is 2.31. The van der Waals surface area contributed by atoms with E-state index in [1.165, 1.54) is 4.40 Å². The molecule has 2 aromatic heterocycles. The van der Waals surface area contributed by atoms with Crippen LogP contribution in [-0.4, -0.2) is 26.5 Å². The third kappa shape index (κ3) is 2.18. The Bertz CT molecular complexity index is 951. The van der Waals surface area contributed by atoms with Crippen molar-refractivity contribution < 1.29 is 14.3 Å². The van der Waals surface area contributed by atoms with Gasteiger partial charge in [0, 0.05) is 12.1 Å². The lowest BCUT2D eigenvalue weighted by Crippen LogP contribution is -2.34. The highest BCUT2D eigenvalue weighted by molar-refractivity contribution is 5.93. The highest BCUT2D eigenvalue weighted by atomic mass is 19.1. The second kappa shape index (κ2) is 5.42. The molecule has 4 rings (SSSR count). The number of fused-ring (bicyclic) bond motifs is 2. The molecule has 0 bridgehead atoms. The number of aliphatic hydroxyl groups is 1. The largest absolute Gasteiger partial charge is 0.390 e. The summed E-state index contributed by atoms with van der Waals surface area (Å²) in [5.74, 6) is -1.32. The first-order valence-corrected chi connectivity index (χ1v) is 7.76. The average molecular weight is 325 g/mol. The first-order chi connectivity index (χ1) is 11.6. The minimum absolute atomic E-state index is 0.263. The molecule has 0 spiro atoms. The molecule has 0 fully saturated rings. The molecule has 2 heterocycles. The Morgan fingerprint density at radius 2 is 2.08 bits per heavy atom. The molecule has 0 saturated carbocycles. The van der Waals surface area contributed by atoms with Crippen molar-refractivity contribution in [3.63, 3.8) is 0 Å². The van der Waals surface area contributed by atoms with Gasteiger partial charge in [0.2, 0.25) is 5.95 Å². The van der Waals surface area contributed by atoms with Crippen molar-refractivity contribution in [2.75, 3.05) is 0 Å². The molecule has 24 heavy (non-hydrogen) atoms. The van der Waals surface area contributed by atoms with Gasteiger partial charge in [-0.3, -0.25) is 9.20 Å². The fourth-order valence-electron chi connectivity index (χ4n) is 3.31. The smallest absolute Gasteiger partial charge is 0.275 e. The van der Waals surface area contributed by atoms with Crippen LogP contribution in [0.25, 0.3) is 5.65 Å². The number of amides is 1. The molecule has 122 valence electrons. The van der Waals surface area contributed by atoms with Crippen LogP contribution < -0.4 is 5.32 Å². The Labute approximate surface area is 137 Å². The number of aromatic nitrogens is 2. The summed E-state index contributed by atoms with van der Waals surface area (Å²) in [4.78, 5) is 16.6. The number of nitrogens with one attached hydrogen (secondary N) is 1. The van der Waals surface area contributed by atoms with E-state index in [4.69, 9.17) is 0 Å². The Kier molecular flexibility index (Phi) is 3.35. The number of carbonyl (C=O) groups excluding carboxylic acids is 1. The summed E-state index contributed by atoms with van der Waals surface area (Å²) in [7, 11) is 0. The molecular formula is C18H16FN3O2. The van der Waals surface area contributed by atoms with Gasteiger partial charge in [0.05, 0.1) is 12.1 Å². The monoisotopic (exact) mass is 325 g/mol. The maximum absolute atomic E-state index is 14.6. The first kappa shape index (κ1) is 14.8. The van der Waals surface area contributed by atoms with Gasteiger partial charge < -0.3 is 10.4 Å². The minimum Gasteiger partial charge on any atom is -0.390 e. The fourth-order valence-corrected chi connectivity index (χ4v) is 3.31. The zero-order valence-electron chi connectivity index (χ0n) is 13.0. The molecule has 0 radical (unpaired) electrons. The maximum Gasteiger partial charge on any atom is 0.275 e. The number of aliphatic hydroxyl groups excluding tert-OH is 1. The predicted octanol–water partition coefficient (Wildman–Crippen LogP) is 2.17. The molecule has 6 heteroatoms. The average Bonchev–Trinajstić information content (AvgIpc) is 3.06. The number of aryl methyl sites for hydroxylation is 1. The quantitative estimate of drug-likeness (QED) is 0.759. The van der Waals surface area contributed by atoms with Crippen molar-refractivity contribution in [3.05, 3.63) is 70.9 Å². The maximum atomic E-state index is 14.6. The Morgan fingerprint density at radius 3 is 2.88 bits per heavy atom. The zero-order chi connectivity index (χ0) is 16.8. The lowest BCUT2D eigenvalue weighted by atomic mass is 10.1. The molecule has 2 atom stereocenters. The lowest BCUT2D eigenvalue weighted by molar-refractivity contribution is 0.0849. The van der Waals surface area contributed by atoms with Gasteiger partial charge in [-0.25, -0.2) is 4.98 Å². The van der Waals surface area contributed by atoms with Crippen LogP contribution in [0.5, 0.6) is 0 Å². The fraction of sp³-hybridized carbons (Fsp3) is 0.222. The number of hydrogen-bond donors (Lipinski definition) is 2. The number of nitrogens with zero attached hydrogens (tertiary/aromatic N) is 2. The number of imidazole rings is 1. The summed E-state index contributed by atoms with van der Waals surface area (Å²) in [5, 5.41) is 12.9. The van der Waals surface area contributed by atoms with Crippen LogP contribution in [-0.2, 0) is 6.42 Å². The predicted molar refractivity (Wildman–Crippen MR) is 86.2 cm³/mol. The van der Waals surface area contributed by atoms with Gasteiger partial charge in [-0.05, 0) is 30.2 Å². The number of rotatable bonds is 2. The van der Waals surface area contributed by atoms with Crippen molar-refractivity contribution in [2.45, 2.75) is 25.5 Å². The molecular weight excluding hydrogens is 309 g/mol. The number of halogens is 1. The Hall–Kier alpha value is -2.73. The molecule has 5 nitrogen and oxygen atoms in total. The van der Waals surface area contributed by atoms with E-state index in [0.717, 1.165) is 11.1 Å². The van der Waals surface area contributed by atoms with Gasteiger partial charge in [0.1, 0.15) is 5.65 Å². The number of hydrogen-bond acceptors (Lipinski definition) is 3. The highest BCUT2D eigenvalue weighted by Gasteiger charge is 2.33. The Morgan fingerprint density at radius 1 is 1.29 bits per heavy atom. The molecule has 0 aliphatic heterocycles. The molecule has 1 amide bonds. The van der Waals surface area contributed by atoms with Gasteiger partial charge in [0.15, 0.2) is 5.69 Å². The van der Waals surface area contributed by atoms with Gasteiger partial charge in [0.25, 0.3) is 5.91 Å². The van der Waals surface area contributed by atoms with Crippen LogP contribution >= 0.6 is 0 Å². The van der Waals surface area contributed by atoms with Gasteiger partial charge in [-0.1, -0.05) is 30.3 Å². The van der Waals surface area contributed by atoms with Crippen LogP contribution in [0.1, 0.15) is 33.4 Å². The summed E-state index contributed by atoms with van der Waals surface area (Å²) in [6.07, 6.45) is -0.262. The van der Waals surface area contributed by atoms with Crippen LogP contribution in [0, 0.1) is 12.9 Å². The van der Waals surface area contributed by atoms with Crippen molar-refractivity contribution in [1.82, 2.24) is 14.7 Å². The molecule has 1 aliphatic rings. The van der Waals surface area contributed by atoms with Crippen molar-refractivity contribution in [2.24, 2.45) is 0 Å². The van der Waals surface area contributed by atoms with Crippen LogP contribution in [0.4, 0.5) is 4.39 Å². The molecule has 3 aromatic rings. The summed E-state index contributed by atoms with van der Waals surface area (Å²) in [5.41, 5.74) is 2.62. The molecule has 1 aromatic carbocycles. The van der Waals surface area contributed by atoms with Crippen molar-refractivity contribution in [3.8, 4) is 0 Å². The van der Waals surface area contributed by atoms with E-state index < -0.39 is 24.0 Å². The standard InChI is InChI=1S/C18H16FN3O2/c1-10-5-4-8-14-20-16(17(19)22(10)14)18(24)21-15-12-7-3-2-6-11(12)9-13(15)23/h2-8,13,15,23H,9H2,1H3,(H,21,24)/t13-,15-/m1/s1. The number of pyridine rings is 1. The zero-order valence-corrected chi connectivity index (χ0v) is 13.0. The normalized spacial score (nSPS) is 19.5. The third-order valence-corrected chi connectivity index (χ3v) is 4.49. The Balaban J connectivity index is 1.68. The second-order valence-electron chi connectivity index (χ2n) is 6.03. The van der Waals surface area contributed by atoms with Crippen molar-refractivity contribution in [1.29, 1.82) is 0 Å². The van der Waals surface area contributed by atoms with Gasteiger partial charge >= 0.3 is 0 Å². The SMILES string of the molecule is Cc1cccc2nc(C(=O)N[C@@H]3c4ccccc4C[C@H]3O)c(F)n12. The van der Waals surface area contributed by atoms with Crippen LogP contribution in [0.2, 0.25) is 0 Å². The number of benzene rings is 1. The summed E-state index contributed by atoms with van der Waals surface area (Å²) < 4.78 is 15.9. The summed E-state index contributed by atoms with van der Waals surface area (Å²) in [6.45, 7) is 1.75. The molecule has 0 saturated heterocycles. The topological polar surface area (TPSA) is 66.6 Å². The molecule has 2 N–H and O–H groups in total. The van der Waals surface area contributed by atoms with E-state index in [1.807, 2.05) is 24.3 Å². The minimum atomic E-state index is -0.729. The lowest BCUT2D eigenvalue weighted by Gasteiger charge is -2.17. The van der Waals surface area contributed by atoms with E-state index in [0.29, 0.717) is 17.8 Å². The number of carbonyl (C=O) groups is 1. The van der Waals surface area contributed by atoms with Gasteiger partial charge in [-0.15, -0.1) is 0 Å². The second-order valence-corrected chi connectivity index (χ2v) is 6.03. The summed E-state index contributed by atoms with van der Waals surface area (Å²) in [6, 6.07) is 12.1. The van der Waals surface area contributed by atoms with Crippen LogP contribution in [0.15, 0.2) is 42.5 Å². The van der Waals surface area contributed by atoms with E-state index >= 15 is 0 Å². The van der Waals surface area contributed by atoms with Gasteiger partial charge in [-0.2, -0.15) is 4.39 Å². The summed E-state index contributed by atoms with van der Waals surface area (Å²) >= 11 is 0. The molecule has 1 aliphatic carbocycles. The van der Waals surface area contributed by atoms with E-state index in [-0.39, 0.29) is 5.69 Å². The van der Waals surface area contributed by atoms with E-state index in [2.05, 4.69) is 10.3 Å². The molecule has 0 unspecified atom stereocenters. The van der Waals surface area contributed by atoms with E-state index in [9.17, 15) is 14.3 Å². The first-order valence-electron chi connectivity index (χ1n) is 7.76. The third-order valence-electron chi connectivity index (χ3n) is 4.49. The van der Waals surface area contributed by atoms with Crippen molar-refractivity contribution >= 4 is 11.6 Å².